The van der Waals surface area contributed by atoms with Crippen molar-refractivity contribution in [2.24, 2.45) is 0 Å². The fourth-order valence-electron chi connectivity index (χ4n) is 3.16. The van der Waals surface area contributed by atoms with Crippen LogP contribution in [0.3, 0.4) is 0 Å². The summed E-state index contributed by atoms with van der Waals surface area (Å²) in [6.45, 7) is 1.99. The highest BCUT2D eigenvalue weighted by molar-refractivity contribution is 7.17. The van der Waals surface area contributed by atoms with Crippen LogP contribution in [0.15, 0.2) is 55.8 Å². The van der Waals surface area contributed by atoms with E-state index in [-0.39, 0.29) is 12.3 Å². The zero-order valence-electron chi connectivity index (χ0n) is 15.9. The Morgan fingerprint density at radius 3 is 2.62 bits per heavy atom. The van der Waals surface area contributed by atoms with Crippen molar-refractivity contribution in [3.05, 3.63) is 79.7 Å². The third-order valence-electron chi connectivity index (χ3n) is 4.75. The molecule has 0 saturated heterocycles. The second kappa shape index (κ2) is 7.56. The molecule has 29 heavy (non-hydrogen) atoms. The molecule has 0 atom stereocenters. The van der Waals surface area contributed by atoms with Gasteiger partial charge >= 0.3 is 11.7 Å². The molecule has 0 unspecified atom stereocenters. The molecule has 0 spiro atoms. The maximum absolute atomic E-state index is 13.1. The predicted octanol–water partition coefficient (Wildman–Crippen LogP) is 3.41. The number of carbonyl (C=O) groups is 1. The van der Waals surface area contributed by atoms with Crippen LogP contribution in [-0.4, -0.2) is 22.6 Å². The molecule has 0 aliphatic rings. The second-order valence-corrected chi connectivity index (χ2v) is 7.36. The zero-order chi connectivity index (χ0) is 20.5. The summed E-state index contributed by atoms with van der Waals surface area (Å²) in [6, 6.07) is 11.0. The molecule has 8 heteroatoms. The molecule has 4 aromatic rings. The molecule has 4 rings (SSSR count). The Morgan fingerprint density at radius 1 is 1.17 bits per heavy atom. The largest absolute Gasteiger partial charge is 0.463 e. The van der Waals surface area contributed by atoms with Gasteiger partial charge in [0, 0.05) is 10.9 Å². The van der Waals surface area contributed by atoms with Gasteiger partial charge in [-0.3, -0.25) is 14.3 Å². The van der Waals surface area contributed by atoms with Crippen molar-refractivity contribution in [2.75, 3.05) is 7.11 Å². The number of rotatable bonds is 5. The number of methoxy groups -OCH3 is 1. The number of furan rings is 1. The number of fused-ring (bicyclic) bond motifs is 1. The molecular formula is C21H18N2O5S. The summed E-state index contributed by atoms with van der Waals surface area (Å²) in [4.78, 5) is 40.5. The number of nitrogens with zero attached hydrogens (tertiary/aromatic N) is 1. The normalized spacial score (nSPS) is 11.1. The molecule has 0 radical (unpaired) electrons. The first-order chi connectivity index (χ1) is 14.0. The lowest BCUT2D eigenvalue weighted by Gasteiger charge is -2.05. The van der Waals surface area contributed by atoms with E-state index in [2.05, 4.69) is 16.6 Å². The molecule has 1 aromatic carbocycles. The molecule has 0 amide bonds. The molecular weight excluding hydrogens is 392 g/mol. The Hall–Kier alpha value is -3.39. The summed E-state index contributed by atoms with van der Waals surface area (Å²) in [5.74, 6) is -0.301. The predicted molar refractivity (Wildman–Crippen MR) is 111 cm³/mol. The van der Waals surface area contributed by atoms with Crippen LogP contribution in [0.5, 0.6) is 0 Å². The highest BCUT2D eigenvalue weighted by Gasteiger charge is 2.17. The summed E-state index contributed by atoms with van der Waals surface area (Å²) >= 11 is 1.32. The first-order valence-electron chi connectivity index (χ1n) is 9.02. The van der Waals surface area contributed by atoms with E-state index in [0.29, 0.717) is 16.0 Å². The number of hydrogen-bond donors (Lipinski definition) is 1. The van der Waals surface area contributed by atoms with Crippen LogP contribution in [-0.2, 0) is 17.7 Å². The second-order valence-electron chi connectivity index (χ2n) is 6.48. The number of nitrogens with one attached hydrogen (secondary N) is 1. The van der Waals surface area contributed by atoms with E-state index in [9.17, 15) is 14.4 Å². The van der Waals surface area contributed by atoms with Gasteiger partial charge in [-0.15, -0.1) is 11.3 Å². The van der Waals surface area contributed by atoms with Crippen LogP contribution in [0.2, 0.25) is 0 Å². The maximum Gasteiger partial charge on any atom is 0.373 e. The van der Waals surface area contributed by atoms with Crippen molar-refractivity contribution in [3.8, 4) is 11.1 Å². The summed E-state index contributed by atoms with van der Waals surface area (Å²) in [7, 11) is 1.25. The quantitative estimate of drug-likeness (QED) is 0.509. The molecule has 148 valence electrons. The van der Waals surface area contributed by atoms with Gasteiger partial charge in [0.15, 0.2) is 0 Å². The lowest BCUT2D eigenvalue weighted by molar-refractivity contribution is 0.0563. The molecule has 0 aliphatic heterocycles. The third-order valence-corrected chi connectivity index (χ3v) is 5.65. The van der Waals surface area contributed by atoms with Crippen molar-refractivity contribution in [1.82, 2.24) is 9.55 Å². The first kappa shape index (κ1) is 18.9. The van der Waals surface area contributed by atoms with Crippen LogP contribution in [0.1, 0.15) is 28.8 Å². The van der Waals surface area contributed by atoms with Gasteiger partial charge in [-0.05, 0) is 29.7 Å². The van der Waals surface area contributed by atoms with Crippen molar-refractivity contribution in [2.45, 2.75) is 19.9 Å². The summed E-state index contributed by atoms with van der Waals surface area (Å²) in [6.07, 6.45) is 0.932. The van der Waals surface area contributed by atoms with E-state index >= 15 is 0 Å². The topological polar surface area (TPSA) is 94.3 Å². The molecule has 1 N–H and O–H groups in total. The van der Waals surface area contributed by atoms with Crippen molar-refractivity contribution in [1.29, 1.82) is 0 Å². The lowest BCUT2D eigenvalue weighted by atomic mass is 10.0. The van der Waals surface area contributed by atoms with Gasteiger partial charge in [0.2, 0.25) is 5.76 Å². The summed E-state index contributed by atoms with van der Waals surface area (Å²) in [5.41, 5.74) is 1.95. The van der Waals surface area contributed by atoms with Gasteiger partial charge in [-0.2, -0.15) is 0 Å². The van der Waals surface area contributed by atoms with Crippen molar-refractivity contribution in [3.63, 3.8) is 0 Å². The van der Waals surface area contributed by atoms with Crippen molar-refractivity contribution < 1.29 is 13.9 Å². The van der Waals surface area contributed by atoms with Gasteiger partial charge in [0.05, 0.1) is 19.0 Å². The Morgan fingerprint density at radius 2 is 1.93 bits per heavy atom. The van der Waals surface area contributed by atoms with Crippen molar-refractivity contribution >= 4 is 27.5 Å². The number of thiophene rings is 1. The number of aryl methyl sites for hydroxylation is 1. The number of H-pyrrole nitrogens is 1. The van der Waals surface area contributed by atoms with E-state index in [1.807, 2.05) is 29.6 Å². The molecule has 0 saturated carbocycles. The monoisotopic (exact) mass is 410 g/mol. The Labute approximate surface area is 169 Å². The fraction of sp³-hybridized carbons (Fsp3) is 0.190. The SMILES string of the molecule is CCc1ccc(-c2csc3[nH]c(=O)n(Cc4ccc(C(=O)OC)o4)c(=O)c23)cc1. The minimum absolute atomic E-state index is 0.0142. The van der Waals surface area contributed by atoms with Crippen LogP contribution in [0, 0.1) is 0 Å². The Kier molecular flexibility index (Phi) is 4.94. The summed E-state index contributed by atoms with van der Waals surface area (Å²) < 4.78 is 11.1. The van der Waals surface area contributed by atoms with Gasteiger partial charge in [0.1, 0.15) is 10.6 Å². The molecule has 0 fully saturated rings. The zero-order valence-corrected chi connectivity index (χ0v) is 16.7. The smallest absolute Gasteiger partial charge is 0.373 e. The average Bonchev–Trinajstić information content (AvgIpc) is 3.38. The fourth-order valence-corrected chi connectivity index (χ4v) is 4.11. The van der Waals surface area contributed by atoms with E-state index in [0.717, 1.165) is 22.1 Å². The van der Waals surface area contributed by atoms with Crippen LogP contribution in [0.4, 0.5) is 0 Å². The third kappa shape index (κ3) is 3.42. The molecule has 0 bridgehead atoms. The van der Waals surface area contributed by atoms with Crippen LogP contribution < -0.4 is 11.2 Å². The number of carbonyl (C=O) groups excluding carboxylic acids is 1. The van der Waals surface area contributed by atoms with E-state index in [1.165, 1.54) is 30.1 Å². The standard InChI is InChI=1S/C21H18N2O5S/c1-3-12-4-6-13(7-5-12)15-11-29-18-17(15)19(24)23(21(26)22-18)10-14-8-9-16(28-14)20(25)27-2/h4-9,11H,3,10H2,1-2H3,(H,22,26). The van der Waals surface area contributed by atoms with E-state index in [1.54, 1.807) is 6.07 Å². The number of hydrogen-bond acceptors (Lipinski definition) is 6. The Bertz CT molecular complexity index is 1310. The number of esters is 1. The minimum Gasteiger partial charge on any atom is -0.463 e. The average molecular weight is 410 g/mol. The Balaban J connectivity index is 1.79. The van der Waals surface area contributed by atoms with Gasteiger partial charge in [-0.25, -0.2) is 9.59 Å². The summed E-state index contributed by atoms with van der Waals surface area (Å²) in [5, 5.41) is 2.33. The first-order valence-corrected chi connectivity index (χ1v) is 9.90. The van der Waals surface area contributed by atoms with Crippen LogP contribution >= 0.6 is 11.3 Å². The highest BCUT2D eigenvalue weighted by atomic mass is 32.1. The maximum atomic E-state index is 13.1. The number of benzene rings is 1. The van der Waals surface area contributed by atoms with Crippen LogP contribution in [0.25, 0.3) is 21.3 Å². The molecule has 3 heterocycles. The van der Waals surface area contributed by atoms with E-state index < -0.39 is 17.2 Å². The van der Waals surface area contributed by atoms with Gasteiger partial charge in [-0.1, -0.05) is 31.2 Å². The highest BCUT2D eigenvalue weighted by Crippen LogP contribution is 2.30. The van der Waals surface area contributed by atoms with Gasteiger partial charge < -0.3 is 9.15 Å². The lowest BCUT2D eigenvalue weighted by Crippen LogP contribution is -2.35. The molecule has 3 aromatic heterocycles. The minimum atomic E-state index is -0.622. The number of aromatic amines is 1. The molecule has 7 nitrogen and oxygen atoms in total. The van der Waals surface area contributed by atoms with E-state index in [4.69, 9.17) is 4.42 Å². The molecule has 0 aliphatic carbocycles. The van der Waals surface area contributed by atoms with Gasteiger partial charge in [0.25, 0.3) is 5.56 Å². The number of ether oxygens (including phenoxy) is 1. The number of aromatic nitrogens is 2.